The normalized spacial score (nSPS) is 18.3. The van der Waals surface area contributed by atoms with Crippen LogP contribution in [0.1, 0.15) is 39.6 Å². The Labute approximate surface area is 136 Å². The highest BCUT2D eigenvalue weighted by molar-refractivity contribution is 5.93. The summed E-state index contributed by atoms with van der Waals surface area (Å²) < 4.78 is 0. The van der Waals surface area contributed by atoms with Gasteiger partial charge in [-0.15, -0.1) is 0 Å². The van der Waals surface area contributed by atoms with E-state index >= 15 is 0 Å². The van der Waals surface area contributed by atoms with Crippen molar-refractivity contribution in [1.82, 2.24) is 25.6 Å². The molecule has 0 aliphatic carbocycles. The Morgan fingerprint density at radius 2 is 2.17 bits per heavy atom. The molecule has 1 aromatic heterocycles. The van der Waals surface area contributed by atoms with Crippen LogP contribution in [0, 0.1) is 13.8 Å². The van der Waals surface area contributed by atoms with E-state index in [1.807, 2.05) is 0 Å². The van der Waals surface area contributed by atoms with Crippen molar-refractivity contribution < 1.29 is 4.79 Å². The number of likely N-dealkylation sites (tertiary alicyclic amines) is 1. The lowest BCUT2D eigenvalue weighted by molar-refractivity contribution is 0.0944. The second-order valence-corrected chi connectivity index (χ2v) is 6.16. The molecule has 23 heavy (non-hydrogen) atoms. The summed E-state index contributed by atoms with van der Waals surface area (Å²) in [5.74, 6) is 0.440. The topological polar surface area (TPSA) is 73.9 Å². The number of aromatic nitrogens is 3. The third kappa shape index (κ3) is 3.59. The van der Waals surface area contributed by atoms with Gasteiger partial charge in [0, 0.05) is 19.6 Å². The number of nitrogens with zero attached hydrogens (tertiary/aromatic N) is 3. The number of nitrogens with one attached hydrogen (secondary N) is 2. The van der Waals surface area contributed by atoms with Gasteiger partial charge in [0.2, 0.25) is 0 Å². The molecular formula is C17H23N5O. The van der Waals surface area contributed by atoms with Crippen LogP contribution in [0.15, 0.2) is 24.3 Å². The van der Waals surface area contributed by atoms with Crippen molar-refractivity contribution in [2.75, 3.05) is 26.2 Å². The third-order valence-corrected chi connectivity index (χ3v) is 4.55. The zero-order chi connectivity index (χ0) is 16.2. The number of aryl methyl sites for hydroxylation is 2. The van der Waals surface area contributed by atoms with Crippen LogP contribution in [0.4, 0.5) is 0 Å². The molecule has 122 valence electrons. The predicted molar refractivity (Wildman–Crippen MR) is 88.4 cm³/mol. The molecule has 3 rings (SSSR count). The highest BCUT2D eigenvalue weighted by Crippen LogP contribution is 2.28. The molecule has 0 saturated carbocycles. The molecule has 0 bridgehead atoms. The second-order valence-electron chi connectivity index (χ2n) is 6.16. The first kappa shape index (κ1) is 15.7. The van der Waals surface area contributed by atoms with Crippen LogP contribution in [-0.4, -0.2) is 52.4 Å². The smallest absolute Gasteiger partial charge is 0.273 e. The highest BCUT2D eigenvalue weighted by atomic mass is 16.2. The minimum absolute atomic E-state index is 0.161. The average molecular weight is 313 g/mol. The number of carbonyl (C=O) groups excluding carboxylic acids is 1. The van der Waals surface area contributed by atoms with Gasteiger partial charge in [0.05, 0.1) is 5.69 Å². The predicted octanol–water partition coefficient (Wildman–Crippen LogP) is 1.64. The van der Waals surface area contributed by atoms with Crippen LogP contribution in [0.2, 0.25) is 0 Å². The number of aromatic amines is 1. The first-order valence-corrected chi connectivity index (χ1v) is 8.08. The molecule has 6 heteroatoms. The van der Waals surface area contributed by atoms with E-state index < -0.39 is 0 Å². The lowest BCUT2D eigenvalue weighted by Gasteiger charge is -2.17. The van der Waals surface area contributed by atoms with Gasteiger partial charge >= 0.3 is 0 Å². The largest absolute Gasteiger partial charge is 0.349 e. The van der Waals surface area contributed by atoms with E-state index in [0.717, 1.165) is 19.6 Å². The number of hydrogen-bond donors (Lipinski definition) is 2. The van der Waals surface area contributed by atoms with E-state index in [1.165, 1.54) is 17.5 Å². The summed E-state index contributed by atoms with van der Waals surface area (Å²) >= 11 is 0. The molecule has 1 aliphatic rings. The first-order valence-electron chi connectivity index (χ1n) is 8.08. The quantitative estimate of drug-likeness (QED) is 0.880. The van der Waals surface area contributed by atoms with Gasteiger partial charge in [-0.25, -0.2) is 0 Å². The summed E-state index contributed by atoms with van der Waals surface area (Å²) in [6.45, 7) is 7.59. The van der Waals surface area contributed by atoms with Gasteiger partial charge in [0.1, 0.15) is 0 Å². The van der Waals surface area contributed by atoms with Crippen molar-refractivity contribution in [2.45, 2.75) is 26.2 Å². The molecule has 1 fully saturated rings. The number of rotatable bonds is 5. The third-order valence-electron chi connectivity index (χ3n) is 4.55. The van der Waals surface area contributed by atoms with Crippen molar-refractivity contribution >= 4 is 5.91 Å². The minimum atomic E-state index is -0.161. The first-order chi connectivity index (χ1) is 11.1. The maximum Gasteiger partial charge on any atom is 0.273 e. The maximum absolute atomic E-state index is 12.0. The van der Waals surface area contributed by atoms with Gasteiger partial charge < -0.3 is 10.2 Å². The summed E-state index contributed by atoms with van der Waals surface area (Å²) in [4.78, 5) is 14.4. The SMILES string of the molecule is Cc1ccccc1[C@H]1CCN(CCNC(=O)c2n[nH]nc2C)C1. The maximum atomic E-state index is 12.0. The zero-order valence-corrected chi connectivity index (χ0v) is 13.7. The summed E-state index contributed by atoms with van der Waals surface area (Å²) in [5, 5.41) is 13.1. The average Bonchev–Trinajstić information content (AvgIpc) is 3.17. The van der Waals surface area contributed by atoms with Crippen LogP contribution in [0.3, 0.4) is 0 Å². The number of amides is 1. The van der Waals surface area contributed by atoms with Crippen LogP contribution >= 0.6 is 0 Å². The fourth-order valence-electron chi connectivity index (χ4n) is 3.24. The Morgan fingerprint density at radius 1 is 1.35 bits per heavy atom. The highest BCUT2D eigenvalue weighted by Gasteiger charge is 2.24. The van der Waals surface area contributed by atoms with Crippen molar-refractivity contribution in [2.24, 2.45) is 0 Å². The van der Waals surface area contributed by atoms with E-state index in [9.17, 15) is 4.79 Å². The van der Waals surface area contributed by atoms with Gasteiger partial charge in [-0.05, 0) is 43.9 Å². The van der Waals surface area contributed by atoms with Gasteiger partial charge in [-0.3, -0.25) is 4.79 Å². The molecule has 2 heterocycles. The summed E-state index contributed by atoms with van der Waals surface area (Å²) in [6, 6.07) is 8.62. The summed E-state index contributed by atoms with van der Waals surface area (Å²) in [7, 11) is 0. The molecule has 0 spiro atoms. The number of hydrogen-bond acceptors (Lipinski definition) is 4. The Kier molecular flexibility index (Phi) is 4.71. The van der Waals surface area contributed by atoms with Crippen LogP contribution in [-0.2, 0) is 0 Å². The molecular weight excluding hydrogens is 290 g/mol. The minimum Gasteiger partial charge on any atom is -0.349 e. The Morgan fingerprint density at radius 3 is 2.91 bits per heavy atom. The molecule has 1 aliphatic heterocycles. The molecule has 1 aromatic carbocycles. The summed E-state index contributed by atoms with van der Waals surface area (Å²) in [6.07, 6.45) is 1.18. The molecule has 1 amide bonds. The lowest BCUT2D eigenvalue weighted by Crippen LogP contribution is -2.34. The van der Waals surface area contributed by atoms with Crippen molar-refractivity contribution in [1.29, 1.82) is 0 Å². The van der Waals surface area contributed by atoms with E-state index in [-0.39, 0.29) is 5.91 Å². The molecule has 0 radical (unpaired) electrons. The van der Waals surface area contributed by atoms with Crippen molar-refractivity contribution in [3.63, 3.8) is 0 Å². The van der Waals surface area contributed by atoms with Gasteiger partial charge in [0.15, 0.2) is 5.69 Å². The summed E-state index contributed by atoms with van der Waals surface area (Å²) in [5.41, 5.74) is 3.83. The van der Waals surface area contributed by atoms with E-state index in [4.69, 9.17) is 0 Å². The number of benzene rings is 1. The fraction of sp³-hybridized carbons (Fsp3) is 0.471. The van der Waals surface area contributed by atoms with Gasteiger partial charge in [0.25, 0.3) is 5.91 Å². The Balaban J connectivity index is 1.47. The molecule has 2 aromatic rings. The van der Waals surface area contributed by atoms with E-state index in [0.29, 0.717) is 23.9 Å². The second kappa shape index (κ2) is 6.91. The van der Waals surface area contributed by atoms with E-state index in [1.54, 1.807) is 6.92 Å². The Hall–Kier alpha value is -2.21. The standard InChI is InChI=1S/C17H23N5O/c1-12-5-3-4-6-15(12)14-7-9-22(11-14)10-8-18-17(23)16-13(2)19-21-20-16/h3-6,14H,7-11H2,1-2H3,(H,18,23)(H,19,20,21)/t14-/m0/s1. The molecule has 1 atom stereocenters. The monoisotopic (exact) mass is 313 g/mol. The zero-order valence-electron chi connectivity index (χ0n) is 13.7. The number of carbonyl (C=O) groups is 1. The van der Waals surface area contributed by atoms with Gasteiger partial charge in [-0.1, -0.05) is 24.3 Å². The van der Waals surface area contributed by atoms with Crippen molar-refractivity contribution in [3.8, 4) is 0 Å². The molecule has 6 nitrogen and oxygen atoms in total. The number of H-pyrrole nitrogens is 1. The fourth-order valence-corrected chi connectivity index (χ4v) is 3.24. The Bertz CT molecular complexity index is 681. The van der Waals surface area contributed by atoms with Gasteiger partial charge in [-0.2, -0.15) is 15.4 Å². The molecule has 0 unspecified atom stereocenters. The van der Waals surface area contributed by atoms with Crippen LogP contribution in [0.25, 0.3) is 0 Å². The van der Waals surface area contributed by atoms with E-state index in [2.05, 4.69) is 56.8 Å². The van der Waals surface area contributed by atoms with Crippen LogP contribution in [0.5, 0.6) is 0 Å². The lowest BCUT2D eigenvalue weighted by atomic mass is 9.94. The van der Waals surface area contributed by atoms with Crippen LogP contribution < -0.4 is 5.32 Å². The molecule has 1 saturated heterocycles. The van der Waals surface area contributed by atoms with Crippen molar-refractivity contribution in [3.05, 3.63) is 46.8 Å². The molecule has 2 N–H and O–H groups in total.